The molecule has 1 aromatic carbocycles. The molecule has 0 radical (unpaired) electrons. The lowest BCUT2D eigenvalue weighted by Crippen LogP contribution is -2.57. The fraction of sp³-hybridized carbons (Fsp3) is 0.650. The fourth-order valence-corrected chi connectivity index (χ4v) is 6.32. The molecule has 0 bridgehead atoms. The van der Waals surface area contributed by atoms with Crippen LogP contribution in [0.5, 0.6) is 0 Å². The van der Waals surface area contributed by atoms with Gasteiger partial charge in [0.05, 0.1) is 5.41 Å². The van der Waals surface area contributed by atoms with Crippen LogP contribution < -0.4 is 0 Å². The summed E-state index contributed by atoms with van der Waals surface area (Å²) in [5.41, 5.74) is 0.464. The molecule has 3 rings (SSSR count). The van der Waals surface area contributed by atoms with Crippen molar-refractivity contribution in [3.05, 3.63) is 34.9 Å². The molecular weight excluding hydrogens is 398 g/mol. The second-order valence-electron chi connectivity index (χ2n) is 7.58. The van der Waals surface area contributed by atoms with Crippen LogP contribution in [-0.4, -0.2) is 67.1 Å². The zero-order chi connectivity index (χ0) is 20.4. The maximum absolute atomic E-state index is 13.5. The third kappa shape index (κ3) is 3.95. The van der Waals surface area contributed by atoms with Gasteiger partial charge < -0.3 is 4.90 Å². The zero-order valence-corrected chi connectivity index (χ0v) is 18.3. The largest absolute Gasteiger partial charge is 0.339 e. The van der Waals surface area contributed by atoms with Crippen molar-refractivity contribution >= 4 is 27.7 Å². The van der Waals surface area contributed by atoms with E-state index in [1.165, 1.54) is 8.61 Å². The van der Waals surface area contributed by atoms with Gasteiger partial charge in [0.25, 0.3) is 10.2 Å². The molecule has 8 heteroatoms. The van der Waals surface area contributed by atoms with E-state index in [2.05, 4.69) is 0 Å². The monoisotopic (exact) mass is 427 g/mol. The maximum atomic E-state index is 13.5. The van der Waals surface area contributed by atoms with Crippen molar-refractivity contribution in [3.63, 3.8) is 0 Å². The van der Waals surface area contributed by atoms with Gasteiger partial charge in [0.1, 0.15) is 0 Å². The molecule has 156 valence electrons. The van der Waals surface area contributed by atoms with E-state index in [9.17, 15) is 13.2 Å². The average Bonchev–Trinajstić information content (AvgIpc) is 3.19. The van der Waals surface area contributed by atoms with E-state index in [-0.39, 0.29) is 5.91 Å². The van der Waals surface area contributed by atoms with Gasteiger partial charge in [-0.2, -0.15) is 17.0 Å². The first kappa shape index (κ1) is 21.6. The molecule has 1 aliphatic carbocycles. The summed E-state index contributed by atoms with van der Waals surface area (Å²) in [4.78, 5) is 15.4. The molecule has 2 fully saturated rings. The Balaban J connectivity index is 1.75. The molecule has 1 saturated heterocycles. The predicted octanol–water partition coefficient (Wildman–Crippen LogP) is 2.88. The van der Waals surface area contributed by atoms with E-state index in [1.54, 1.807) is 0 Å². The Kier molecular flexibility index (Phi) is 6.69. The Hall–Kier alpha value is -1.15. The van der Waals surface area contributed by atoms with Crippen LogP contribution in [0.4, 0.5) is 0 Å². The number of amides is 1. The van der Waals surface area contributed by atoms with Crippen LogP contribution in [-0.2, 0) is 20.4 Å². The van der Waals surface area contributed by atoms with Gasteiger partial charge in [0.2, 0.25) is 5.91 Å². The van der Waals surface area contributed by atoms with Crippen molar-refractivity contribution in [1.29, 1.82) is 0 Å². The highest BCUT2D eigenvalue weighted by Gasteiger charge is 2.46. The average molecular weight is 428 g/mol. The molecule has 0 N–H and O–H groups in total. The zero-order valence-electron chi connectivity index (χ0n) is 16.7. The van der Waals surface area contributed by atoms with Crippen molar-refractivity contribution in [2.45, 2.75) is 44.9 Å². The molecule has 2 aliphatic rings. The van der Waals surface area contributed by atoms with Crippen LogP contribution in [0.25, 0.3) is 0 Å². The number of hydrogen-bond donors (Lipinski definition) is 0. The number of nitrogens with zero attached hydrogens (tertiary/aromatic N) is 3. The van der Waals surface area contributed by atoms with Gasteiger partial charge in [-0.05, 0) is 30.5 Å². The van der Waals surface area contributed by atoms with Gasteiger partial charge >= 0.3 is 0 Å². The summed E-state index contributed by atoms with van der Waals surface area (Å²) in [6.07, 6.45) is 3.69. The van der Waals surface area contributed by atoms with Crippen LogP contribution in [0.2, 0.25) is 5.02 Å². The van der Waals surface area contributed by atoms with Gasteiger partial charge in [0, 0.05) is 44.3 Å². The van der Waals surface area contributed by atoms with Gasteiger partial charge in [-0.25, -0.2) is 0 Å². The first-order valence-corrected chi connectivity index (χ1v) is 11.9. The molecule has 0 aromatic heterocycles. The van der Waals surface area contributed by atoms with E-state index in [1.807, 2.05) is 43.0 Å². The third-order valence-electron chi connectivity index (χ3n) is 6.13. The predicted molar refractivity (Wildman–Crippen MR) is 112 cm³/mol. The standard InChI is InChI=1S/C20H30ClN3O3S/c1-3-23(4-2)28(26,27)24-14-12-22(13-15-24)19(25)20(10-5-6-11-20)17-8-7-9-18(21)16-17/h7-9,16H,3-6,10-15H2,1-2H3. The SMILES string of the molecule is CCN(CC)S(=O)(=O)N1CCN(C(=O)C2(c3cccc(Cl)c3)CCCC2)CC1. The molecule has 1 aliphatic heterocycles. The summed E-state index contributed by atoms with van der Waals surface area (Å²) in [6.45, 7) is 6.15. The lowest BCUT2D eigenvalue weighted by Gasteiger charge is -2.40. The molecule has 1 amide bonds. The number of rotatable bonds is 6. The minimum atomic E-state index is -3.45. The highest BCUT2D eigenvalue weighted by Crippen LogP contribution is 2.43. The summed E-state index contributed by atoms with van der Waals surface area (Å²) in [7, 11) is -3.45. The van der Waals surface area contributed by atoms with Crippen LogP contribution in [0.15, 0.2) is 24.3 Å². The molecule has 1 aromatic rings. The second kappa shape index (κ2) is 8.69. The second-order valence-corrected chi connectivity index (χ2v) is 9.95. The van der Waals surface area contributed by atoms with Crippen LogP contribution in [0, 0.1) is 0 Å². The van der Waals surface area contributed by atoms with Gasteiger partial charge in [0.15, 0.2) is 0 Å². The summed E-state index contributed by atoms with van der Waals surface area (Å²) in [6, 6.07) is 7.64. The highest BCUT2D eigenvalue weighted by molar-refractivity contribution is 7.86. The molecular formula is C20H30ClN3O3S. The smallest absolute Gasteiger partial charge is 0.282 e. The summed E-state index contributed by atoms with van der Waals surface area (Å²) >= 11 is 6.20. The fourth-order valence-electron chi connectivity index (χ4n) is 4.53. The molecule has 1 saturated carbocycles. The number of benzene rings is 1. The number of carbonyl (C=O) groups excluding carboxylic acids is 1. The topological polar surface area (TPSA) is 60.9 Å². The molecule has 1 heterocycles. The first-order valence-electron chi connectivity index (χ1n) is 10.2. The van der Waals surface area contributed by atoms with E-state index >= 15 is 0 Å². The molecule has 6 nitrogen and oxygen atoms in total. The van der Waals surface area contributed by atoms with Crippen LogP contribution in [0.1, 0.15) is 45.1 Å². The van der Waals surface area contributed by atoms with Gasteiger partial charge in [-0.1, -0.05) is 50.4 Å². The summed E-state index contributed by atoms with van der Waals surface area (Å²) in [5, 5.41) is 0.645. The first-order chi connectivity index (χ1) is 13.3. The Labute approximate surface area is 173 Å². The minimum Gasteiger partial charge on any atom is -0.339 e. The Morgan fingerprint density at radius 1 is 1.11 bits per heavy atom. The van der Waals surface area contributed by atoms with Crippen molar-refractivity contribution in [2.24, 2.45) is 0 Å². The van der Waals surface area contributed by atoms with Crippen molar-refractivity contribution in [2.75, 3.05) is 39.3 Å². The Bertz CT molecular complexity index is 797. The quantitative estimate of drug-likeness (QED) is 0.701. The number of halogens is 1. The lowest BCUT2D eigenvalue weighted by atomic mass is 9.77. The van der Waals surface area contributed by atoms with Crippen LogP contribution in [0.3, 0.4) is 0 Å². The Morgan fingerprint density at radius 3 is 2.25 bits per heavy atom. The summed E-state index contributed by atoms with van der Waals surface area (Å²) in [5.74, 6) is 0.118. The Morgan fingerprint density at radius 2 is 1.71 bits per heavy atom. The van der Waals surface area contributed by atoms with Crippen molar-refractivity contribution in [3.8, 4) is 0 Å². The molecule has 0 unspecified atom stereocenters. The van der Waals surface area contributed by atoms with Crippen LogP contribution >= 0.6 is 11.6 Å². The number of piperazine rings is 1. The van der Waals surface area contributed by atoms with E-state index < -0.39 is 15.6 Å². The van der Waals surface area contributed by atoms with E-state index in [0.29, 0.717) is 44.3 Å². The van der Waals surface area contributed by atoms with Gasteiger partial charge in [-0.3, -0.25) is 4.79 Å². The van der Waals surface area contributed by atoms with Crippen molar-refractivity contribution < 1.29 is 13.2 Å². The third-order valence-corrected chi connectivity index (χ3v) is 8.55. The lowest BCUT2D eigenvalue weighted by molar-refractivity contribution is -0.138. The minimum absolute atomic E-state index is 0.118. The number of carbonyl (C=O) groups is 1. The number of hydrogen-bond acceptors (Lipinski definition) is 3. The van der Waals surface area contributed by atoms with E-state index in [0.717, 1.165) is 31.2 Å². The summed E-state index contributed by atoms with van der Waals surface area (Å²) < 4.78 is 28.4. The van der Waals surface area contributed by atoms with Crippen molar-refractivity contribution in [1.82, 2.24) is 13.5 Å². The highest BCUT2D eigenvalue weighted by atomic mass is 35.5. The maximum Gasteiger partial charge on any atom is 0.282 e. The van der Waals surface area contributed by atoms with E-state index in [4.69, 9.17) is 11.6 Å². The normalized spacial score (nSPS) is 20.6. The molecule has 0 spiro atoms. The molecule has 0 atom stereocenters. The molecule has 28 heavy (non-hydrogen) atoms. The van der Waals surface area contributed by atoms with Gasteiger partial charge in [-0.15, -0.1) is 0 Å².